The van der Waals surface area contributed by atoms with Gasteiger partial charge in [-0.15, -0.1) is 0 Å². The van der Waals surface area contributed by atoms with Crippen LogP contribution in [0, 0.1) is 17.5 Å². The molecule has 0 amide bonds. The van der Waals surface area contributed by atoms with Crippen LogP contribution in [0.4, 0.5) is 18.9 Å². The van der Waals surface area contributed by atoms with Crippen molar-refractivity contribution in [3.05, 3.63) is 62.9 Å². The lowest BCUT2D eigenvalue weighted by atomic mass is 10.0. The maximum absolute atomic E-state index is 13.6. The summed E-state index contributed by atoms with van der Waals surface area (Å²) in [5.41, 5.74) is 4.79. The molecule has 2 aromatic carbocycles. The molecule has 0 saturated carbocycles. The van der Waals surface area contributed by atoms with E-state index in [1.54, 1.807) is 0 Å². The molecule has 0 spiro atoms. The van der Waals surface area contributed by atoms with Crippen molar-refractivity contribution >= 4 is 34.7 Å². The van der Waals surface area contributed by atoms with Crippen molar-refractivity contribution in [2.45, 2.75) is 0 Å². The van der Waals surface area contributed by atoms with Gasteiger partial charge in [-0.25, -0.2) is 13.2 Å². The number of ketones is 1. The zero-order valence-electron chi connectivity index (χ0n) is 9.68. The van der Waals surface area contributed by atoms with Gasteiger partial charge in [0, 0.05) is 17.3 Å². The van der Waals surface area contributed by atoms with E-state index in [0.717, 1.165) is 0 Å². The highest BCUT2D eigenvalue weighted by Gasteiger charge is 2.21. The second kappa shape index (κ2) is 5.34. The number of anilines is 1. The van der Waals surface area contributed by atoms with Crippen LogP contribution in [0.5, 0.6) is 0 Å². The molecule has 2 nitrogen and oxygen atoms in total. The van der Waals surface area contributed by atoms with Gasteiger partial charge in [-0.3, -0.25) is 4.79 Å². The van der Waals surface area contributed by atoms with Crippen molar-refractivity contribution in [1.82, 2.24) is 0 Å². The van der Waals surface area contributed by atoms with E-state index >= 15 is 0 Å². The molecule has 0 radical (unpaired) electrons. The molecular formula is C13H6Cl2F3NO. The van der Waals surface area contributed by atoms with Crippen molar-refractivity contribution in [2.75, 3.05) is 5.73 Å². The first-order valence-corrected chi connectivity index (χ1v) is 6.00. The van der Waals surface area contributed by atoms with Crippen LogP contribution in [-0.4, -0.2) is 5.78 Å². The molecular weight excluding hydrogens is 314 g/mol. The monoisotopic (exact) mass is 319 g/mol. The third kappa shape index (κ3) is 2.59. The van der Waals surface area contributed by atoms with E-state index in [4.69, 9.17) is 28.9 Å². The van der Waals surface area contributed by atoms with Crippen LogP contribution in [0.1, 0.15) is 15.9 Å². The second-order valence-electron chi connectivity index (χ2n) is 3.94. The van der Waals surface area contributed by atoms with E-state index in [2.05, 4.69) is 0 Å². The highest BCUT2D eigenvalue weighted by Crippen LogP contribution is 2.31. The minimum atomic E-state index is -1.39. The standard InChI is InChI=1S/C13H6Cl2F3NO/c14-8-2-5(19)1-7(12(8)15)13(20)6-3-10(17)11(18)4-9(6)16/h1-4H,19H2. The Morgan fingerprint density at radius 1 is 0.900 bits per heavy atom. The summed E-state index contributed by atoms with van der Waals surface area (Å²) in [5, 5.41) is -0.145. The molecule has 0 bridgehead atoms. The third-order valence-corrected chi connectivity index (χ3v) is 3.35. The molecule has 0 unspecified atom stereocenters. The van der Waals surface area contributed by atoms with E-state index in [0.29, 0.717) is 6.07 Å². The first-order valence-electron chi connectivity index (χ1n) is 5.25. The van der Waals surface area contributed by atoms with Crippen molar-refractivity contribution in [3.8, 4) is 0 Å². The molecule has 20 heavy (non-hydrogen) atoms. The van der Waals surface area contributed by atoms with Gasteiger partial charge >= 0.3 is 0 Å². The van der Waals surface area contributed by atoms with E-state index in [-0.39, 0.29) is 27.4 Å². The first kappa shape index (κ1) is 14.7. The molecule has 7 heteroatoms. The molecule has 0 aliphatic rings. The van der Waals surface area contributed by atoms with Crippen LogP contribution in [0.25, 0.3) is 0 Å². The summed E-state index contributed by atoms with van der Waals surface area (Å²) < 4.78 is 39.5. The van der Waals surface area contributed by atoms with Crippen LogP contribution >= 0.6 is 23.2 Å². The molecule has 2 N–H and O–H groups in total. The molecule has 0 aliphatic heterocycles. The Bertz CT molecular complexity index is 719. The molecule has 0 aromatic heterocycles. The quantitative estimate of drug-likeness (QED) is 0.511. The summed E-state index contributed by atoms with van der Waals surface area (Å²) >= 11 is 11.6. The fraction of sp³-hybridized carbons (Fsp3) is 0. The predicted octanol–water partition coefficient (Wildman–Crippen LogP) is 4.22. The number of halogens is 5. The van der Waals surface area contributed by atoms with Gasteiger partial charge < -0.3 is 5.73 Å². The minimum absolute atomic E-state index is 0.00184. The topological polar surface area (TPSA) is 43.1 Å². The second-order valence-corrected chi connectivity index (χ2v) is 4.72. The maximum atomic E-state index is 13.6. The lowest BCUT2D eigenvalue weighted by Crippen LogP contribution is -2.08. The average molecular weight is 320 g/mol. The largest absolute Gasteiger partial charge is 0.399 e. The molecule has 0 heterocycles. The van der Waals surface area contributed by atoms with Crippen molar-refractivity contribution in [1.29, 1.82) is 0 Å². The number of benzene rings is 2. The van der Waals surface area contributed by atoms with Crippen LogP contribution in [0.2, 0.25) is 10.0 Å². The van der Waals surface area contributed by atoms with Gasteiger partial charge in [0.2, 0.25) is 0 Å². The molecule has 0 saturated heterocycles. The number of nitrogens with two attached hydrogens (primary N) is 1. The highest BCUT2D eigenvalue weighted by atomic mass is 35.5. The summed E-state index contributed by atoms with van der Waals surface area (Å²) in [4.78, 5) is 12.1. The van der Waals surface area contributed by atoms with E-state index in [1.807, 2.05) is 0 Å². The molecule has 0 fully saturated rings. The van der Waals surface area contributed by atoms with Crippen LogP contribution in [0.3, 0.4) is 0 Å². The number of nitrogen functional groups attached to an aromatic ring is 1. The Balaban J connectivity index is 2.60. The highest BCUT2D eigenvalue weighted by molar-refractivity contribution is 6.44. The van der Waals surface area contributed by atoms with Crippen LogP contribution in [-0.2, 0) is 0 Å². The number of carbonyl (C=O) groups is 1. The fourth-order valence-corrected chi connectivity index (χ4v) is 2.04. The summed E-state index contributed by atoms with van der Waals surface area (Å²) in [5.74, 6) is -4.89. The van der Waals surface area contributed by atoms with E-state index < -0.39 is 28.8 Å². The van der Waals surface area contributed by atoms with Gasteiger partial charge in [0.1, 0.15) is 5.82 Å². The van der Waals surface area contributed by atoms with Crippen LogP contribution in [0.15, 0.2) is 24.3 Å². The lowest BCUT2D eigenvalue weighted by molar-refractivity contribution is 0.103. The van der Waals surface area contributed by atoms with Gasteiger partial charge in [0.05, 0.1) is 15.6 Å². The van der Waals surface area contributed by atoms with Crippen molar-refractivity contribution in [3.63, 3.8) is 0 Å². The van der Waals surface area contributed by atoms with Gasteiger partial charge in [0.25, 0.3) is 0 Å². The van der Waals surface area contributed by atoms with Gasteiger partial charge in [-0.2, -0.15) is 0 Å². The summed E-state index contributed by atoms with van der Waals surface area (Å²) in [6.07, 6.45) is 0. The Kier molecular flexibility index (Phi) is 3.92. The van der Waals surface area contributed by atoms with E-state index in [1.165, 1.54) is 12.1 Å². The fourth-order valence-electron chi connectivity index (χ4n) is 1.62. The van der Waals surface area contributed by atoms with Crippen molar-refractivity contribution in [2.24, 2.45) is 0 Å². The minimum Gasteiger partial charge on any atom is -0.399 e. The number of hydrogen-bond donors (Lipinski definition) is 1. The molecule has 0 aliphatic carbocycles. The average Bonchev–Trinajstić information content (AvgIpc) is 2.37. The molecule has 0 atom stereocenters. The van der Waals surface area contributed by atoms with Gasteiger partial charge in [-0.1, -0.05) is 23.2 Å². The summed E-state index contributed by atoms with van der Waals surface area (Å²) in [6.45, 7) is 0. The summed E-state index contributed by atoms with van der Waals surface area (Å²) in [7, 11) is 0. The summed E-state index contributed by atoms with van der Waals surface area (Å²) in [6, 6.07) is 3.23. The molecule has 104 valence electrons. The molecule has 2 rings (SSSR count). The zero-order valence-corrected chi connectivity index (χ0v) is 11.2. The third-order valence-electron chi connectivity index (χ3n) is 2.55. The van der Waals surface area contributed by atoms with Crippen molar-refractivity contribution < 1.29 is 18.0 Å². The Hall–Kier alpha value is -1.72. The number of rotatable bonds is 2. The maximum Gasteiger partial charge on any atom is 0.197 e. The predicted molar refractivity (Wildman–Crippen MR) is 70.6 cm³/mol. The Morgan fingerprint density at radius 2 is 1.50 bits per heavy atom. The Morgan fingerprint density at radius 3 is 2.15 bits per heavy atom. The number of hydrogen-bond acceptors (Lipinski definition) is 2. The van der Waals surface area contributed by atoms with Gasteiger partial charge in [0.15, 0.2) is 17.4 Å². The number of carbonyl (C=O) groups excluding carboxylic acids is 1. The lowest BCUT2D eigenvalue weighted by Gasteiger charge is -2.08. The van der Waals surface area contributed by atoms with Crippen LogP contribution < -0.4 is 5.73 Å². The molecule has 2 aromatic rings. The Labute approximate surface area is 121 Å². The SMILES string of the molecule is Nc1cc(Cl)c(Cl)c(C(=O)c2cc(F)c(F)cc2F)c1. The first-order chi connectivity index (χ1) is 9.31. The normalized spacial score (nSPS) is 10.7. The zero-order chi connectivity index (χ0) is 15.0. The smallest absolute Gasteiger partial charge is 0.197 e. The van der Waals surface area contributed by atoms with Gasteiger partial charge in [-0.05, 0) is 18.2 Å². The van der Waals surface area contributed by atoms with E-state index in [9.17, 15) is 18.0 Å².